The summed E-state index contributed by atoms with van der Waals surface area (Å²) in [5.74, 6) is 0.0703. The van der Waals surface area contributed by atoms with Gasteiger partial charge in [0.2, 0.25) is 5.91 Å². The van der Waals surface area contributed by atoms with Gasteiger partial charge < -0.3 is 5.32 Å². The largest absolute Gasteiger partial charge is 0.350 e. The second-order valence-corrected chi connectivity index (χ2v) is 2.10. The number of rotatable bonds is 3. The number of halogens is 2. The van der Waals surface area contributed by atoms with E-state index in [9.17, 15) is 13.6 Å². The van der Waals surface area contributed by atoms with Gasteiger partial charge in [0.25, 0.3) is 6.43 Å². The lowest BCUT2D eigenvalue weighted by atomic mass is 10.2. The predicted molar refractivity (Wildman–Crippen MR) is 33.6 cm³/mol. The van der Waals surface area contributed by atoms with Gasteiger partial charge in [0, 0.05) is 0 Å². The lowest BCUT2D eigenvalue weighted by molar-refractivity contribution is -0.119. The number of hydrogen-bond acceptors (Lipinski definition) is 1. The summed E-state index contributed by atoms with van der Waals surface area (Å²) >= 11 is 0. The summed E-state index contributed by atoms with van der Waals surface area (Å²) in [5.41, 5.74) is 0. The van der Waals surface area contributed by atoms with Gasteiger partial charge in [-0.25, -0.2) is 8.78 Å². The highest BCUT2D eigenvalue weighted by Crippen LogP contribution is 1.94. The molecule has 1 amide bonds. The Morgan fingerprint density at radius 2 is 2.00 bits per heavy atom. The van der Waals surface area contributed by atoms with Gasteiger partial charge in [0.15, 0.2) is 0 Å². The molecule has 0 aliphatic heterocycles. The van der Waals surface area contributed by atoms with E-state index < -0.39 is 18.9 Å². The van der Waals surface area contributed by atoms with Gasteiger partial charge in [-0.1, -0.05) is 13.8 Å². The first-order valence-corrected chi connectivity index (χ1v) is 2.90. The molecule has 0 fully saturated rings. The van der Waals surface area contributed by atoms with Crippen LogP contribution < -0.4 is 5.32 Å². The fourth-order valence-corrected chi connectivity index (χ4v) is 0.347. The quantitative estimate of drug-likeness (QED) is 0.638. The molecule has 0 rings (SSSR count). The summed E-state index contributed by atoms with van der Waals surface area (Å²) < 4.78 is 22.9. The predicted octanol–water partition coefficient (Wildman–Crippen LogP) is 0.982. The molecule has 0 aliphatic carbocycles. The van der Waals surface area contributed by atoms with Gasteiger partial charge >= 0.3 is 0 Å². The van der Waals surface area contributed by atoms with Gasteiger partial charge in [-0.15, -0.1) is 0 Å². The van der Waals surface area contributed by atoms with Crippen LogP contribution in [-0.4, -0.2) is 18.9 Å². The Balaban J connectivity index is 3.40. The molecule has 0 atom stereocenters. The summed E-state index contributed by atoms with van der Waals surface area (Å²) in [4.78, 5) is 10.6. The third-order valence-electron chi connectivity index (χ3n) is 0.871. The smallest absolute Gasteiger partial charge is 0.255 e. The molecule has 1 N–H and O–H groups in total. The standard InChI is InChI=1S/C6H10F2NO/c1-4(2)6(10)9-3-5(7)8/h5H,3H2,1-2H3,(H,9,10). The van der Waals surface area contributed by atoms with Crippen LogP contribution >= 0.6 is 0 Å². The van der Waals surface area contributed by atoms with E-state index in [4.69, 9.17) is 0 Å². The van der Waals surface area contributed by atoms with Crippen LogP contribution in [0.4, 0.5) is 8.78 Å². The first kappa shape index (κ1) is 9.33. The maximum absolute atomic E-state index is 11.4. The van der Waals surface area contributed by atoms with Crippen LogP contribution in [0.25, 0.3) is 0 Å². The molecule has 0 heterocycles. The third kappa shape index (κ3) is 4.23. The van der Waals surface area contributed by atoms with E-state index in [1.165, 1.54) is 0 Å². The molecule has 0 unspecified atom stereocenters. The maximum Gasteiger partial charge on any atom is 0.255 e. The molecule has 0 aromatic carbocycles. The van der Waals surface area contributed by atoms with Crippen LogP contribution in [0.2, 0.25) is 0 Å². The fraction of sp³-hybridized carbons (Fsp3) is 0.667. The molecule has 0 saturated carbocycles. The molecular formula is C6H10F2NO. The Hall–Kier alpha value is -0.670. The van der Waals surface area contributed by atoms with Crippen molar-refractivity contribution in [3.8, 4) is 0 Å². The van der Waals surface area contributed by atoms with Crippen molar-refractivity contribution in [2.75, 3.05) is 6.54 Å². The minimum Gasteiger partial charge on any atom is -0.350 e. The third-order valence-corrected chi connectivity index (χ3v) is 0.871. The first-order chi connectivity index (χ1) is 4.54. The Bertz CT molecular complexity index is 114. The zero-order valence-electron chi connectivity index (χ0n) is 5.95. The van der Waals surface area contributed by atoms with Crippen molar-refractivity contribution < 1.29 is 13.6 Å². The second-order valence-electron chi connectivity index (χ2n) is 2.10. The van der Waals surface area contributed by atoms with Gasteiger partial charge in [-0.2, -0.15) is 0 Å². The Morgan fingerprint density at radius 1 is 1.50 bits per heavy atom. The Kier molecular flexibility index (Phi) is 3.91. The second kappa shape index (κ2) is 4.19. The van der Waals surface area contributed by atoms with Crippen molar-refractivity contribution in [2.24, 2.45) is 0 Å². The van der Waals surface area contributed by atoms with Crippen molar-refractivity contribution in [3.05, 3.63) is 5.92 Å². The number of hydrogen-bond donors (Lipinski definition) is 1. The van der Waals surface area contributed by atoms with Crippen molar-refractivity contribution in [1.82, 2.24) is 5.32 Å². The van der Waals surface area contributed by atoms with Crippen molar-refractivity contribution in [3.63, 3.8) is 0 Å². The maximum atomic E-state index is 11.4. The molecule has 0 aromatic rings. The highest BCUT2D eigenvalue weighted by atomic mass is 19.3. The van der Waals surface area contributed by atoms with Crippen molar-refractivity contribution >= 4 is 5.91 Å². The summed E-state index contributed by atoms with van der Waals surface area (Å²) in [6.07, 6.45) is -2.47. The zero-order valence-corrected chi connectivity index (χ0v) is 5.95. The SMILES string of the molecule is C[C](C)C(=O)NCC(F)F. The Morgan fingerprint density at radius 3 is 2.30 bits per heavy atom. The van der Waals surface area contributed by atoms with Crippen LogP contribution in [0.3, 0.4) is 0 Å². The summed E-state index contributed by atoms with van der Waals surface area (Å²) in [6.45, 7) is 2.58. The minimum atomic E-state index is -2.47. The van der Waals surface area contributed by atoms with E-state index in [0.29, 0.717) is 5.92 Å². The summed E-state index contributed by atoms with van der Waals surface area (Å²) in [7, 11) is 0. The monoisotopic (exact) mass is 150 g/mol. The number of carbonyl (C=O) groups is 1. The van der Waals surface area contributed by atoms with E-state index in [1.807, 2.05) is 0 Å². The van der Waals surface area contributed by atoms with Crippen molar-refractivity contribution in [1.29, 1.82) is 0 Å². The average Bonchev–Trinajstić information content (AvgIpc) is 1.82. The molecule has 2 nitrogen and oxygen atoms in total. The van der Waals surface area contributed by atoms with Crippen LogP contribution in [-0.2, 0) is 4.79 Å². The van der Waals surface area contributed by atoms with Gasteiger partial charge in [0.1, 0.15) is 0 Å². The molecule has 10 heavy (non-hydrogen) atoms. The van der Waals surface area contributed by atoms with E-state index in [0.717, 1.165) is 0 Å². The number of carbonyl (C=O) groups excluding carboxylic acids is 1. The molecule has 0 aliphatic rings. The minimum absolute atomic E-state index is 0.416. The molecule has 0 bridgehead atoms. The van der Waals surface area contributed by atoms with Gasteiger partial charge in [-0.3, -0.25) is 4.79 Å². The van der Waals surface area contributed by atoms with Crippen LogP contribution in [0, 0.1) is 5.92 Å². The highest BCUT2D eigenvalue weighted by Gasteiger charge is 2.09. The molecular weight excluding hydrogens is 140 g/mol. The molecule has 1 radical (unpaired) electrons. The van der Waals surface area contributed by atoms with Gasteiger partial charge in [0.05, 0.1) is 12.5 Å². The number of amides is 1. The molecule has 4 heteroatoms. The topological polar surface area (TPSA) is 29.1 Å². The van der Waals surface area contributed by atoms with Crippen LogP contribution in [0.15, 0.2) is 0 Å². The molecule has 59 valence electrons. The summed E-state index contributed by atoms with van der Waals surface area (Å²) in [6, 6.07) is 0. The van der Waals surface area contributed by atoms with Crippen LogP contribution in [0.5, 0.6) is 0 Å². The lowest BCUT2D eigenvalue weighted by Crippen LogP contribution is -2.30. The number of nitrogens with one attached hydrogen (secondary N) is 1. The molecule has 0 spiro atoms. The first-order valence-electron chi connectivity index (χ1n) is 2.90. The fourth-order valence-electron chi connectivity index (χ4n) is 0.347. The normalized spacial score (nSPS) is 10.6. The summed E-state index contributed by atoms with van der Waals surface area (Å²) in [5, 5.41) is 2.06. The van der Waals surface area contributed by atoms with E-state index in [-0.39, 0.29) is 0 Å². The van der Waals surface area contributed by atoms with E-state index >= 15 is 0 Å². The highest BCUT2D eigenvalue weighted by molar-refractivity contribution is 5.88. The van der Waals surface area contributed by atoms with Crippen molar-refractivity contribution in [2.45, 2.75) is 20.3 Å². The van der Waals surface area contributed by atoms with Crippen LogP contribution in [0.1, 0.15) is 13.8 Å². The number of alkyl halides is 2. The molecule has 0 aromatic heterocycles. The lowest BCUT2D eigenvalue weighted by Gasteiger charge is -2.04. The Labute approximate surface area is 58.6 Å². The molecule has 0 saturated heterocycles. The van der Waals surface area contributed by atoms with E-state index in [2.05, 4.69) is 5.32 Å². The average molecular weight is 150 g/mol. The van der Waals surface area contributed by atoms with Gasteiger partial charge in [-0.05, 0) is 0 Å². The van der Waals surface area contributed by atoms with E-state index in [1.54, 1.807) is 13.8 Å². The zero-order chi connectivity index (χ0) is 8.15.